The smallest absolute Gasteiger partial charge is 0.307 e. The Hall–Kier alpha value is -3.40. The van der Waals surface area contributed by atoms with Gasteiger partial charge in [0.1, 0.15) is 0 Å². The second kappa shape index (κ2) is 6.34. The number of thiazole rings is 1. The molecule has 4 aromatic rings. The quantitative estimate of drug-likeness (QED) is 0.502. The highest BCUT2D eigenvalue weighted by atomic mass is 32.1. The van der Waals surface area contributed by atoms with Crippen LogP contribution in [0.5, 0.6) is 5.88 Å². The maximum Gasteiger partial charge on any atom is 0.307 e. The molecule has 0 unspecified atom stereocenters. The topological polar surface area (TPSA) is 109 Å². The molecule has 28 heavy (non-hydrogen) atoms. The maximum absolute atomic E-state index is 13.6. The Bertz CT molecular complexity index is 1390. The summed E-state index contributed by atoms with van der Waals surface area (Å²) in [6.45, 7) is 0. The standard InChI is InChI=1S/C18H13FN6O2S/c19-14-6-9(3-4-20-14)12-7-15(22-11-1-2-11)25-16(23-12)10(8-21-25)5-13-17(26)24-18(27)28-13/h3-8,11,26H,1-2H2,(H,24,27)/b10-5+,22-15?. The molecular formula is C18H13FN6O2S. The molecule has 1 aliphatic carbocycles. The largest absolute Gasteiger partial charge is 0.493 e. The average Bonchev–Trinajstić information content (AvgIpc) is 3.30. The molecule has 8 nitrogen and oxygen atoms in total. The van der Waals surface area contributed by atoms with Crippen LogP contribution >= 0.6 is 11.3 Å². The molecule has 0 aliphatic heterocycles. The molecule has 0 amide bonds. The Morgan fingerprint density at radius 2 is 2.25 bits per heavy atom. The number of aromatic nitrogens is 5. The molecule has 4 heterocycles. The molecule has 140 valence electrons. The predicted octanol–water partition coefficient (Wildman–Crippen LogP) is 0.997. The van der Waals surface area contributed by atoms with Gasteiger partial charge in [-0.15, -0.1) is 0 Å². The SMILES string of the molecule is O=c1[nH]c(O)c(/C=c2\cnn3c(=NC4CC4)cc(-c4ccnc(F)c4)nc23)s1. The van der Waals surface area contributed by atoms with Gasteiger partial charge in [0.05, 0.1) is 22.8 Å². The van der Waals surface area contributed by atoms with Crippen LogP contribution in [0.3, 0.4) is 0 Å². The van der Waals surface area contributed by atoms with Crippen LogP contribution in [-0.2, 0) is 0 Å². The van der Waals surface area contributed by atoms with Crippen molar-refractivity contribution in [2.45, 2.75) is 18.9 Å². The Kier molecular flexibility index (Phi) is 3.79. The molecule has 1 saturated carbocycles. The lowest BCUT2D eigenvalue weighted by Gasteiger charge is -2.03. The zero-order valence-electron chi connectivity index (χ0n) is 14.3. The number of fused-ring (bicyclic) bond motifs is 1. The Labute approximate surface area is 160 Å². The van der Waals surface area contributed by atoms with Crippen molar-refractivity contribution in [1.29, 1.82) is 0 Å². The lowest BCUT2D eigenvalue weighted by atomic mass is 10.2. The van der Waals surface area contributed by atoms with Gasteiger partial charge in [-0.1, -0.05) is 11.3 Å². The normalized spacial score (nSPS) is 15.6. The van der Waals surface area contributed by atoms with E-state index in [0.717, 1.165) is 24.2 Å². The third kappa shape index (κ3) is 3.07. The van der Waals surface area contributed by atoms with Gasteiger partial charge >= 0.3 is 4.87 Å². The Morgan fingerprint density at radius 1 is 1.39 bits per heavy atom. The van der Waals surface area contributed by atoms with E-state index < -0.39 is 5.95 Å². The number of nitrogens with one attached hydrogen (secondary N) is 1. The molecule has 0 radical (unpaired) electrons. The van der Waals surface area contributed by atoms with Gasteiger partial charge in [0.15, 0.2) is 11.1 Å². The number of aromatic hydroxyl groups is 1. The van der Waals surface area contributed by atoms with Gasteiger partial charge in [0, 0.05) is 29.1 Å². The van der Waals surface area contributed by atoms with Gasteiger partial charge in [-0.05, 0) is 25.0 Å². The summed E-state index contributed by atoms with van der Waals surface area (Å²) in [5.74, 6) is -0.799. The van der Waals surface area contributed by atoms with E-state index in [1.54, 1.807) is 28.9 Å². The van der Waals surface area contributed by atoms with Gasteiger partial charge in [0.2, 0.25) is 11.8 Å². The van der Waals surface area contributed by atoms with E-state index in [1.807, 2.05) is 0 Å². The third-order valence-corrected chi connectivity index (χ3v) is 5.13. The Morgan fingerprint density at radius 3 is 2.96 bits per heavy atom. The number of H-pyrrole nitrogens is 1. The monoisotopic (exact) mass is 396 g/mol. The van der Waals surface area contributed by atoms with E-state index in [-0.39, 0.29) is 16.8 Å². The third-order valence-electron chi connectivity index (χ3n) is 4.31. The van der Waals surface area contributed by atoms with Crippen LogP contribution < -0.4 is 15.6 Å². The minimum absolute atomic E-state index is 0.204. The van der Waals surface area contributed by atoms with Crippen LogP contribution in [0.4, 0.5) is 4.39 Å². The summed E-state index contributed by atoms with van der Waals surface area (Å²) in [6, 6.07) is 5.00. The second-order valence-electron chi connectivity index (χ2n) is 6.43. The first-order valence-electron chi connectivity index (χ1n) is 8.55. The minimum Gasteiger partial charge on any atom is -0.493 e. The minimum atomic E-state index is -0.595. The van der Waals surface area contributed by atoms with Crippen molar-refractivity contribution in [3.05, 3.63) is 61.8 Å². The number of pyridine rings is 1. The molecule has 1 fully saturated rings. The molecule has 2 N–H and O–H groups in total. The van der Waals surface area contributed by atoms with Crippen LogP contribution in [0.25, 0.3) is 23.0 Å². The zero-order chi connectivity index (χ0) is 19.3. The van der Waals surface area contributed by atoms with E-state index in [4.69, 9.17) is 0 Å². The maximum atomic E-state index is 13.6. The summed E-state index contributed by atoms with van der Waals surface area (Å²) in [5, 5.41) is 14.8. The van der Waals surface area contributed by atoms with E-state index in [2.05, 4.69) is 25.0 Å². The van der Waals surface area contributed by atoms with Crippen molar-refractivity contribution >= 4 is 23.1 Å². The summed E-state index contributed by atoms with van der Waals surface area (Å²) in [7, 11) is 0. The molecule has 0 bridgehead atoms. The van der Waals surface area contributed by atoms with E-state index >= 15 is 0 Å². The van der Waals surface area contributed by atoms with Crippen LogP contribution in [-0.4, -0.2) is 35.7 Å². The molecule has 5 rings (SSSR count). The van der Waals surface area contributed by atoms with Crippen LogP contribution in [0.15, 0.2) is 40.4 Å². The Balaban J connectivity index is 1.79. The number of nitrogens with zero attached hydrogens (tertiary/aromatic N) is 5. The average molecular weight is 396 g/mol. The summed E-state index contributed by atoms with van der Waals surface area (Å²) in [6.07, 6.45) is 6.65. The molecule has 4 aromatic heterocycles. The van der Waals surface area contributed by atoms with Gasteiger partial charge in [-0.2, -0.15) is 14.0 Å². The van der Waals surface area contributed by atoms with Crippen LogP contribution in [0, 0.1) is 5.95 Å². The fourth-order valence-electron chi connectivity index (χ4n) is 2.83. The molecule has 0 saturated heterocycles. The number of aromatic amines is 1. The number of halogens is 1. The van der Waals surface area contributed by atoms with E-state index in [0.29, 0.717) is 32.5 Å². The first-order chi connectivity index (χ1) is 13.6. The summed E-state index contributed by atoms with van der Waals surface area (Å²) >= 11 is 0.886. The lowest BCUT2D eigenvalue weighted by Crippen LogP contribution is -2.19. The van der Waals surface area contributed by atoms with Gasteiger partial charge in [-0.3, -0.25) is 14.8 Å². The summed E-state index contributed by atoms with van der Waals surface area (Å²) < 4.78 is 15.2. The molecular weight excluding hydrogens is 383 g/mol. The van der Waals surface area contributed by atoms with E-state index in [9.17, 15) is 14.3 Å². The van der Waals surface area contributed by atoms with Crippen molar-refractivity contribution in [2.75, 3.05) is 0 Å². The van der Waals surface area contributed by atoms with Crippen molar-refractivity contribution in [2.24, 2.45) is 4.99 Å². The van der Waals surface area contributed by atoms with Crippen LogP contribution in [0.1, 0.15) is 17.7 Å². The second-order valence-corrected chi connectivity index (χ2v) is 7.45. The number of hydrogen-bond donors (Lipinski definition) is 2. The highest BCUT2D eigenvalue weighted by Gasteiger charge is 2.20. The van der Waals surface area contributed by atoms with E-state index in [1.165, 1.54) is 12.3 Å². The van der Waals surface area contributed by atoms with Crippen molar-refractivity contribution in [3.8, 4) is 17.1 Å². The molecule has 10 heteroatoms. The lowest BCUT2D eigenvalue weighted by molar-refractivity contribution is 0.455. The first kappa shape index (κ1) is 16.8. The van der Waals surface area contributed by atoms with Gasteiger partial charge < -0.3 is 5.11 Å². The van der Waals surface area contributed by atoms with Gasteiger partial charge in [0.25, 0.3) is 0 Å². The summed E-state index contributed by atoms with van der Waals surface area (Å²) in [5.41, 5.74) is 2.22. The molecule has 0 aromatic carbocycles. The zero-order valence-corrected chi connectivity index (χ0v) is 15.1. The highest BCUT2D eigenvalue weighted by molar-refractivity contribution is 7.10. The number of hydrogen-bond acceptors (Lipinski definition) is 7. The molecule has 0 spiro atoms. The number of rotatable bonds is 3. The fraction of sp³-hybridized carbons (Fsp3) is 0.167. The highest BCUT2D eigenvalue weighted by Crippen LogP contribution is 2.23. The summed E-state index contributed by atoms with van der Waals surface area (Å²) in [4.78, 5) is 26.7. The predicted molar refractivity (Wildman–Crippen MR) is 100 cm³/mol. The van der Waals surface area contributed by atoms with Gasteiger partial charge in [-0.25, -0.2) is 9.97 Å². The van der Waals surface area contributed by atoms with Crippen molar-refractivity contribution in [3.63, 3.8) is 0 Å². The molecule has 0 atom stereocenters. The molecule has 1 aliphatic rings. The fourth-order valence-corrected chi connectivity index (χ4v) is 3.51. The van der Waals surface area contributed by atoms with Crippen LogP contribution in [0.2, 0.25) is 0 Å². The first-order valence-corrected chi connectivity index (χ1v) is 9.37. The van der Waals surface area contributed by atoms with Crippen molar-refractivity contribution < 1.29 is 9.50 Å². The van der Waals surface area contributed by atoms with Crippen molar-refractivity contribution in [1.82, 2.24) is 24.6 Å².